The maximum absolute atomic E-state index is 14.0. The van der Waals surface area contributed by atoms with Gasteiger partial charge >= 0.3 is 23.9 Å². The molecule has 0 fully saturated rings. The molecular weight excluding hydrogens is 869 g/mol. The summed E-state index contributed by atoms with van der Waals surface area (Å²) in [6.07, 6.45) is -0.130. The zero-order valence-corrected chi connectivity index (χ0v) is 34.1. The van der Waals surface area contributed by atoms with Gasteiger partial charge in [-0.05, 0) is 12.8 Å². The quantitative estimate of drug-likeness (QED) is 0.0382. The lowest BCUT2D eigenvalue weighted by Gasteiger charge is -2.23. The molecule has 0 aliphatic carbocycles. The van der Waals surface area contributed by atoms with E-state index in [0.717, 1.165) is 35.9 Å². The van der Waals surface area contributed by atoms with Crippen LogP contribution in [0.2, 0.25) is 0 Å². The van der Waals surface area contributed by atoms with E-state index in [1.165, 1.54) is 0 Å². The number of aromatic amines is 2. The molecule has 0 radical (unpaired) electrons. The van der Waals surface area contributed by atoms with Crippen LogP contribution >= 0.6 is 23.5 Å². The third-order valence-corrected chi connectivity index (χ3v) is 10.9. The molecule has 2 unspecified atom stereocenters. The molecule has 29 heteroatoms. The molecule has 27 nitrogen and oxygen atoms in total. The number of nitrogens with one attached hydrogen (secondary N) is 6. The Kier molecular flexibility index (Phi) is 21.0. The first kappa shape index (κ1) is 51.6. The van der Waals surface area contributed by atoms with Gasteiger partial charge < -0.3 is 74.6 Å². The first-order valence-corrected chi connectivity index (χ1v) is 20.2. The second-order valence-corrected chi connectivity index (χ2v) is 15.6. The van der Waals surface area contributed by atoms with Gasteiger partial charge in [-0.1, -0.05) is 0 Å². The maximum Gasteiger partial charge on any atom is 0.322 e. The number of anilines is 2. The molecule has 0 aromatic carbocycles. The van der Waals surface area contributed by atoms with Crippen LogP contribution in [0.1, 0.15) is 60.4 Å². The number of H-pyrrole nitrogens is 2. The monoisotopic (exact) mass is 914 g/mol. The zero-order chi connectivity index (χ0) is 46.7. The molecule has 2 rings (SSSR count). The Morgan fingerprint density at radius 1 is 0.629 bits per heavy atom. The smallest absolute Gasteiger partial charge is 0.322 e. The fourth-order valence-corrected chi connectivity index (χ4v) is 7.42. The largest absolute Gasteiger partial charge is 0.480 e. The number of thioether (sulfide) groups is 2. The van der Waals surface area contributed by atoms with Crippen molar-refractivity contribution in [3.05, 3.63) is 44.5 Å². The highest BCUT2D eigenvalue weighted by molar-refractivity contribution is 7.99. The molecule has 0 saturated carbocycles. The fourth-order valence-electron chi connectivity index (χ4n) is 4.91. The minimum Gasteiger partial charge on any atom is -0.480 e. The Morgan fingerprint density at radius 2 is 0.984 bits per heavy atom. The summed E-state index contributed by atoms with van der Waals surface area (Å²) in [5, 5.41) is 43.1. The highest BCUT2D eigenvalue weighted by Crippen LogP contribution is 2.36. The first-order chi connectivity index (χ1) is 29.1. The summed E-state index contributed by atoms with van der Waals surface area (Å²) in [5.74, 6) is -11.5. The predicted molar refractivity (Wildman–Crippen MR) is 218 cm³/mol. The number of Topliss-reactive ketones (excluding diaryl/α,β-unsaturated/α-hetero) is 1. The number of nitrogens with two attached hydrogens (primary N) is 4. The van der Waals surface area contributed by atoms with Crippen molar-refractivity contribution in [3.8, 4) is 0 Å². The van der Waals surface area contributed by atoms with Crippen LogP contribution in [0, 0.1) is 0 Å². The van der Waals surface area contributed by atoms with E-state index in [2.05, 4.69) is 41.2 Å². The van der Waals surface area contributed by atoms with Crippen molar-refractivity contribution in [2.75, 3.05) is 36.1 Å². The number of nitrogen functional groups attached to an aromatic ring is 2. The maximum atomic E-state index is 14.0. The summed E-state index contributed by atoms with van der Waals surface area (Å²) in [4.78, 5) is 147. The number of aromatic nitrogens is 4. The van der Waals surface area contributed by atoms with Crippen LogP contribution in [-0.4, -0.2) is 142 Å². The molecule has 2 aromatic rings. The lowest BCUT2D eigenvalue weighted by molar-refractivity contribution is -0.140. The van der Waals surface area contributed by atoms with Crippen LogP contribution in [-0.2, 0) is 43.2 Å². The number of rotatable bonds is 28. The van der Waals surface area contributed by atoms with E-state index in [0.29, 0.717) is 0 Å². The number of aliphatic carboxylic acids is 4. The van der Waals surface area contributed by atoms with E-state index >= 15 is 0 Å². The molecule has 6 atom stereocenters. The number of nitrogens with zero attached hydrogens (tertiary/aromatic N) is 2. The Hall–Kier alpha value is -6.59. The van der Waals surface area contributed by atoms with Crippen molar-refractivity contribution in [3.63, 3.8) is 0 Å². The van der Waals surface area contributed by atoms with Crippen LogP contribution in [0.15, 0.2) is 22.0 Å². The van der Waals surface area contributed by atoms with Gasteiger partial charge in [0, 0.05) is 49.6 Å². The topological polar surface area (TPSA) is 478 Å². The van der Waals surface area contributed by atoms with Crippen molar-refractivity contribution in [1.29, 1.82) is 0 Å². The van der Waals surface area contributed by atoms with E-state index < -0.39 is 149 Å². The summed E-state index contributed by atoms with van der Waals surface area (Å²) in [6, 6.07) is -5.75. The molecule has 2 aromatic heterocycles. The van der Waals surface area contributed by atoms with Crippen molar-refractivity contribution in [2.45, 2.75) is 73.2 Å². The third-order valence-electron chi connectivity index (χ3n) is 8.21. The number of carbonyl (C=O) groups is 9. The van der Waals surface area contributed by atoms with Gasteiger partial charge in [0.05, 0.1) is 21.9 Å². The molecule has 4 amide bonds. The van der Waals surface area contributed by atoms with Crippen LogP contribution in [0.4, 0.5) is 11.6 Å². The summed E-state index contributed by atoms with van der Waals surface area (Å²) < 4.78 is 0. The van der Waals surface area contributed by atoms with Crippen LogP contribution in [0.25, 0.3) is 0 Å². The van der Waals surface area contributed by atoms with Crippen molar-refractivity contribution >= 4 is 88.4 Å². The molecular formula is C33H46N12O15S2. The number of hydrogen-bond donors (Lipinski definition) is 14. The number of carboxylic acid groups (broad SMARTS) is 4. The summed E-state index contributed by atoms with van der Waals surface area (Å²) >= 11 is 1.69. The first-order valence-electron chi connectivity index (χ1n) is 18.1. The lowest BCUT2D eigenvalue weighted by atomic mass is 10.1. The van der Waals surface area contributed by atoms with Crippen LogP contribution in [0.5, 0.6) is 0 Å². The average molecular weight is 915 g/mol. The molecule has 62 heavy (non-hydrogen) atoms. The van der Waals surface area contributed by atoms with E-state index in [-0.39, 0.29) is 35.7 Å². The van der Waals surface area contributed by atoms with Gasteiger partial charge in [0.25, 0.3) is 11.1 Å². The number of carboxylic acids is 4. The predicted octanol–water partition coefficient (Wildman–Crippen LogP) is -4.63. The lowest BCUT2D eigenvalue weighted by Crippen LogP contribution is -2.49. The summed E-state index contributed by atoms with van der Waals surface area (Å²) in [6.45, 7) is -1.68. The second-order valence-electron chi connectivity index (χ2n) is 13.1. The van der Waals surface area contributed by atoms with Crippen molar-refractivity contribution in [1.82, 2.24) is 41.2 Å². The molecule has 0 aliphatic rings. The van der Waals surface area contributed by atoms with Crippen LogP contribution in [0.3, 0.4) is 0 Å². The molecule has 0 spiro atoms. The Bertz CT molecular complexity index is 1960. The molecule has 0 aliphatic heterocycles. The molecule has 2 heterocycles. The highest BCUT2D eigenvalue weighted by atomic mass is 32.2. The van der Waals surface area contributed by atoms with Crippen molar-refractivity contribution < 1.29 is 63.6 Å². The Labute approximate surface area is 357 Å². The Balaban J connectivity index is 2.44. The summed E-state index contributed by atoms with van der Waals surface area (Å²) in [5.41, 5.74) is 20.9. The fraction of sp³-hybridized carbons (Fsp3) is 0.485. The second kappa shape index (κ2) is 25.2. The van der Waals surface area contributed by atoms with E-state index in [4.69, 9.17) is 43.4 Å². The van der Waals surface area contributed by atoms with Gasteiger partial charge in [0.2, 0.25) is 23.6 Å². The molecule has 0 saturated heterocycles. The van der Waals surface area contributed by atoms with Crippen molar-refractivity contribution in [2.24, 2.45) is 11.5 Å². The Morgan fingerprint density at radius 3 is 1.29 bits per heavy atom. The van der Waals surface area contributed by atoms with Gasteiger partial charge in [0.1, 0.15) is 43.0 Å². The minimum absolute atomic E-state index is 0.0139. The van der Waals surface area contributed by atoms with Gasteiger partial charge in [-0.2, -0.15) is 0 Å². The molecule has 340 valence electrons. The number of amides is 4. The minimum atomic E-state index is -1.47. The van der Waals surface area contributed by atoms with E-state index in [9.17, 15) is 52.7 Å². The summed E-state index contributed by atoms with van der Waals surface area (Å²) in [7, 11) is 0. The van der Waals surface area contributed by atoms with E-state index in [1.54, 1.807) is 0 Å². The zero-order valence-electron chi connectivity index (χ0n) is 32.5. The average Bonchev–Trinajstić information content (AvgIpc) is 3.20. The van der Waals surface area contributed by atoms with Crippen LogP contribution < -0.4 is 55.3 Å². The normalized spacial score (nSPS) is 13.8. The van der Waals surface area contributed by atoms with E-state index in [1.807, 2.05) is 0 Å². The number of carbonyl (C=O) groups excluding carboxylic acids is 5. The molecule has 18 N–H and O–H groups in total. The SMILES string of the molecule is Nc1nc(C(CC(=O)CC(SC[C@H](NC(=O)CC[C@H](N)C(=O)O)C(=O)NCC(=O)O)c2c[nH]c(=O)c(N)n2)SC[C@H](NC(=O)CC[C@@H](N)C(=O)O)C(=O)NCC(=O)O)c[nH]c1=O. The molecule has 0 bridgehead atoms. The number of hydrogen-bond acceptors (Lipinski definition) is 19. The number of ketones is 1. The highest BCUT2D eigenvalue weighted by Gasteiger charge is 2.30. The van der Waals surface area contributed by atoms with Gasteiger partial charge in [-0.3, -0.25) is 52.7 Å². The van der Waals surface area contributed by atoms with Gasteiger partial charge in [0.15, 0.2) is 11.6 Å². The standard InChI is InChI=1S/C33H46N12O15S2/c34-14(32(57)58)1-3-22(47)42-18(28(53)40-9-24(49)50)11-61-20(16-7-38-30(55)26(36)44-16)5-13(46)6-21(17-8-39-31(56)27(37)45-17)62-12-19(29(54)41-10-25(51)52)43-23(48)4-2-15(35)33(59)60/h7-8,14-15,18-21H,1-6,9-12,34-35H2,(H2,36,44)(H2,37,45)(H,38,55)(H,39,56)(H,40,53)(H,41,54)(H,42,47)(H,43,48)(H,49,50)(H,51,52)(H,57,58)(H,59,60)/t14-,15+,18-,19-,20?,21?/m0/s1. The van der Waals surface area contributed by atoms with Gasteiger partial charge in [-0.25, -0.2) is 9.97 Å². The third kappa shape index (κ3) is 18.4. The van der Waals surface area contributed by atoms with Gasteiger partial charge in [-0.15, -0.1) is 23.5 Å².